The summed E-state index contributed by atoms with van der Waals surface area (Å²) in [5.41, 5.74) is 5.52. The first kappa shape index (κ1) is 12.2. The van der Waals surface area contributed by atoms with Gasteiger partial charge in [0.1, 0.15) is 0 Å². The fraction of sp³-hybridized carbons (Fsp3) is 0.727. The summed E-state index contributed by atoms with van der Waals surface area (Å²) in [6, 6.07) is 2.53. The highest BCUT2D eigenvalue weighted by molar-refractivity contribution is 4.78. The zero-order valence-corrected chi connectivity index (χ0v) is 9.76. The highest BCUT2D eigenvalue weighted by atomic mass is 15.3. The minimum absolute atomic E-state index is 0.576. The van der Waals surface area contributed by atoms with Crippen molar-refractivity contribution in [3.63, 3.8) is 0 Å². The average Bonchev–Trinajstić information content (AvgIpc) is 2.70. The summed E-state index contributed by atoms with van der Waals surface area (Å²) in [6.45, 7) is 8.29. The number of nitrogens with two attached hydrogens (primary N) is 1. The van der Waals surface area contributed by atoms with Crippen molar-refractivity contribution in [2.75, 3.05) is 19.6 Å². The molecular weight excluding hydrogens is 188 g/mol. The molecule has 0 saturated carbocycles. The lowest BCUT2D eigenvalue weighted by molar-refractivity contribution is 0.209. The predicted octanol–water partition coefficient (Wildman–Crippen LogP) is 0.942. The normalized spacial score (nSPS) is 11.5. The molecule has 15 heavy (non-hydrogen) atoms. The molecule has 2 N–H and O–H groups in total. The molecule has 1 rings (SSSR count). The minimum atomic E-state index is 0.576. The smallest absolute Gasteiger partial charge is 0.0536 e. The van der Waals surface area contributed by atoms with Gasteiger partial charge in [-0.2, -0.15) is 5.10 Å². The zero-order chi connectivity index (χ0) is 11.1. The second-order valence-corrected chi connectivity index (χ2v) is 4.04. The summed E-state index contributed by atoms with van der Waals surface area (Å²) < 4.78 is 1.97. The van der Waals surface area contributed by atoms with Crippen LogP contribution in [-0.2, 0) is 6.54 Å². The van der Waals surface area contributed by atoms with E-state index in [4.69, 9.17) is 5.73 Å². The van der Waals surface area contributed by atoms with E-state index in [0.29, 0.717) is 6.04 Å². The molecule has 0 aliphatic rings. The number of rotatable bonds is 7. The highest BCUT2D eigenvalue weighted by Crippen LogP contribution is 2.00. The Morgan fingerprint density at radius 2 is 2.20 bits per heavy atom. The van der Waals surface area contributed by atoms with Crippen molar-refractivity contribution in [3.05, 3.63) is 18.5 Å². The summed E-state index contributed by atoms with van der Waals surface area (Å²) in [6.07, 6.45) is 4.89. The van der Waals surface area contributed by atoms with E-state index in [2.05, 4.69) is 23.8 Å². The van der Waals surface area contributed by atoms with E-state index in [-0.39, 0.29) is 0 Å². The Kier molecular flexibility index (Phi) is 5.36. The van der Waals surface area contributed by atoms with Crippen molar-refractivity contribution in [2.45, 2.75) is 32.9 Å². The lowest BCUT2D eigenvalue weighted by Gasteiger charge is -2.26. The monoisotopic (exact) mass is 210 g/mol. The van der Waals surface area contributed by atoms with E-state index >= 15 is 0 Å². The molecule has 0 fully saturated rings. The first-order chi connectivity index (χ1) is 7.24. The fourth-order valence-electron chi connectivity index (χ4n) is 1.59. The molecule has 4 heteroatoms. The van der Waals surface area contributed by atoms with Crippen LogP contribution in [0.4, 0.5) is 0 Å². The van der Waals surface area contributed by atoms with Crippen molar-refractivity contribution < 1.29 is 0 Å². The van der Waals surface area contributed by atoms with Crippen LogP contribution in [0.5, 0.6) is 0 Å². The van der Waals surface area contributed by atoms with E-state index in [1.807, 2.05) is 23.1 Å². The van der Waals surface area contributed by atoms with Crippen LogP contribution in [0.2, 0.25) is 0 Å². The van der Waals surface area contributed by atoms with E-state index in [0.717, 1.165) is 32.6 Å². The Labute approximate surface area is 92.1 Å². The third-order valence-electron chi connectivity index (χ3n) is 2.56. The summed E-state index contributed by atoms with van der Waals surface area (Å²) in [7, 11) is 0. The maximum atomic E-state index is 5.52. The summed E-state index contributed by atoms with van der Waals surface area (Å²) >= 11 is 0. The van der Waals surface area contributed by atoms with Gasteiger partial charge in [0.05, 0.1) is 6.54 Å². The molecule has 0 atom stereocenters. The van der Waals surface area contributed by atoms with Crippen LogP contribution in [0.25, 0.3) is 0 Å². The molecule has 0 aliphatic heterocycles. The molecule has 0 amide bonds. The first-order valence-corrected chi connectivity index (χ1v) is 5.65. The maximum Gasteiger partial charge on any atom is 0.0536 e. The van der Waals surface area contributed by atoms with E-state index in [1.54, 1.807) is 0 Å². The molecule has 0 saturated heterocycles. The van der Waals surface area contributed by atoms with E-state index < -0.39 is 0 Å². The van der Waals surface area contributed by atoms with Crippen molar-refractivity contribution >= 4 is 0 Å². The lowest BCUT2D eigenvalue weighted by atomic mass is 10.3. The first-order valence-electron chi connectivity index (χ1n) is 5.65. The fourth-order valence-corrected chi connectivity index (χ4v) is 1.59. The van der Waals surface area contributed by atoms with Gasteiger partial charge in [0.15, 0.2) is 0 Å². The Bertz CT molecular complexity index is 243. The molecule has 86 valence electrons. The molecule has 1 heterocycles. The van der Waals surface area contributed by atoms with Gasteiger partial charge in [-0.25, -0.2) is 0 Å². The Hall–Kier alpha value is -0.870. The molecule has 1 aromatic rings. The van der Waals surface area contributed by atoms with Gasteiger partial charge < -0.3 is 5.73 Å². The molecular formula is C11H22N4. The summed E-state index contributed by atoms with van der Waals surface area (Å²) in [4.78, 5) is 2.44. The standard InChI is InChI=1S/C11H22N4/c1-11(2)14(7-3-5-12)9-10-15-8-4-6-13-15/h4,6,8,11H,3,5,7,9-10,12H2,1-2H3. The van der Waals surface area contributed by atoms with Gasteiger partial charge in [0, 0.05) is 25.0 Å². The molecule has 0 spiro atoms. The van der Waals surface area contributed by atoms with Gasteiger partial charge in [0.25, 0.3) is 0 Å². The third kappa shape index (κ3) is 4.44. The van der Waals surface area contributed by atoms with Gasteiger partial charge in [-0.05, 0) is 39.4 Å². The van der Waals surface area contributed by atoms with Crippen molar-refractivity contribution in [3.8, 4) is 0 Å². The summed E-state index contributed by atoms with van der Waals surface area (Å²) in [5.74, 6) is 0. The van der Waals surface area contributed by atoms with Crippen LogP contribution in [0.3, 0.4) is 0 Å². The van der Waals surface area contributed by atoms with Crippen LogP contribution in [0.1, 0.15) is 20.3 Å². The van der Waals surface area contributed by atoms with Gasteiger partial charge >= 0.3 is 0 Å². The lowest BCUT2D eigenvalue weighted by Crippen LogP contribution is -2.35. The highest BCUT2D eigenvalue weighted by Gasteiger charge is 2.08. The number of aromatic nitrogens is 2. The number of hydrogen-bond donors (Lipinski definition) is 1. The average molecular weight is 210 g/mol. The molecule has 4 nitrogen and oxygen atoms in total. The van der Waals surface area contributed by atoms with Crippen LogP contribution in [0.15, 0.2) is 18.5 Å². The van der Waals surface area contributed by atoms with E-state index in [1.165, 1.54) is 0 Å². The summed E-state index contributed by atoms with van der Waals surface area (Å²) in [5, 5.41) is 4.19. The molecule has 0 bridgehead atoms. The van der Waals surface area contributed by atoms with Crippen LogP contribution in [-0.4, -0.2) is 40.4 Å². The molecule has 0 unspecified atom stereocenters. The van der Waals surface area contributed by atoms with Gasteiger partial charge in [-0.3, -0.25) is 9.58 Å². The predicted molar refractivity (Wildman–Crippen MR) is 62.6 cm³/mol. The second kappa shape index (κ2) is 6.58. The number of nitrogens with zero attached hydrogens (tertiary/aromatic N) is 3. The zero-order valence-electron chi connectivity index (χ0n) is 9.76. The number of hydrogen-bond acceptors (Lipinski definition) is 3. The molecule has 0 aliphatic carbocycles. The maximum absolute atomic E-state index is 5.52. The topological polar surface area (TPSA) is 47.1 Å². The second-order valence-electron chi connectivity index (χ2n) is 4.04. The van der Waals surface area contributed by atoms with Crippen molar-refractivity contribution in [1.82, 2.24) is 14.7 Å². The van der Waals surface area contributed by atoms with E-state index in [9.17, 15) is 0 Å². The Morgan fingerprint density at radius 3 is 2.73 bits per heavy atom. The minimum Gasteiger partial charge on any atom is -0.330 e. The van der Waals surface area contributed by atoms with Gasteiger partial charge in [-0.15, -0.1) is 0 Å². The molecule has 0 aromatic carbocycles. The molecule has 0 radical (unpaired) electrons. The Balaban J connectivity index is 2.31. The van der Waals surface area contributed by atoms with Crippen molar-refractivity contribution in [2.24, 2.45) is 5.73 Å². The Morgan fingerprint density at radius 1 is 1.40 bits per heavy atom. The third-order valence-corrected chi connectivity index (χ3v) is 2.56. The van der Waals surface area contributed by atoms with Gasteiger partial charge in [0.2, 0.25) is 0 Å². The van der Waals surface area contributed by atoms with Crippen LogP contribution >= 0.6 is 0 Å². The van der Waals surface area contributed by atoms with Crippen LogP contribution in [0, 0.1) is 0 Å². The largest absolute Gasteiger partial charge is 0.330 e. The molecule has 1 aromatic heterocycles. The van der Waals surface area contributed by atoms with Crippen LogP contribution < -0.4 is 5.73 Å². The quantitative estimate of drug-likeness (QED) is 0.728. The SMILES string of the molecule is CC(C)N(CCCN)CCn1cccn1. The van der Waals surface area contributed by atoms with Gasteiger partial charge in [-0.1, -0.05) is 0 Å². The van der Waals surface area contributed by atoms with Crippen molar-refractivity contribution in [1.29, 1.82) is 0 Å².